The van der Waals surface area contributed by atoms with Crippen molar-refractivity contribution in [2.45, 2.75) is 44.7 Å². The van der Waals surface area contributed by atoms with Gasteiger partial charge in [-0.15, -0.1) is 5.10 Å². The Hall–Kier alpha value is -2.38. The zero-order valence-electron chi connectivity index (χ0n) is 16.9. The molecule has 0 aliphatic heterocycles. The van der Waals surface area contributed by atoms with Gasteiger partial charge in [-0.3, -0.25) is 4.79 Å². The first-order valence-electron chi connectivity index (χ1n) is 9.46. The number of benzene rings is 2. The number of nitrogens with zero attached hydrogens (tertiary/aromatic N) is 4. The molecule has 0 saturated carbocycles. The number of para-hydroxylation sites is 1. The maximum atomic E-state index is 12.7. The molecule has 152 valence electrons. The van der Waals surface area contributed by atoms with Crippen LogP contribution in [0.3, 0.4) is 0 Å². The molecule has 6 nitrogen and oxygen atoms in total. The molecular weight excluding hydrogens is 406 g/mol. The third-order valence-electron chi connectivity index (χ3n) is 4.48. The first kappa shape index (κ1) is 21.3. The molecule has 3 rings (SSSR count). The zero-order valence-corrected chi connectivity index (χ0v) is 18.5. The van der Waals surface area contributed by atoms with Gasteiger partial charge in [-0.05, 0) is 57.7 Å². The van der Waals surface area contributed by atoms with Crippen molar-refractivity contribution in [2.75, 3.05) is 11.1 Å². The number of aromatic nitrogens is 4. The van der Waals surface area contributed by atoms with E-state index in [2.05, 4.69) is 66.7 Å². The fraction of sp³-hybridized carbons (Fsp3) is 0.333. The molecule has 1 heterocycles. The lowest BCUT2D eigenvalue weighted by atomic mass is 9.92. The maximum Gasteiger partial charge on any atom is 0.234 e. The monoisotopic (exact) mass is 429 g/mol. The predicted octanol–water partition coefficient (Wildman–Crippen LogP) is 5.29. The topological polar surface area (TPSA) is 72.7 Å². The molecular formula is C21H24ClN5OS. The first-order chi connectivity index (χ1) is 13.9. The lowest BCUT2D eigenvalue weighted by Gasteiger charge is -2.20. The Morgan fingerprint density at radius 3 is 2.28 bits per heavy atom. The Kier molecular flexibility index (Phi) is 6.92. The molecule has 1 N–H and O–H groups in total. The summed E-state index contributed by atoms with van der Waals surface area (Å²) in [6, 6.07) is 13.4. The van der Waals surface area contributed by atoms with Gasteiger partial charge in [0, 0.05) is 10.7 Å². The van der Waals surface area contributed by atoms with Crippen molar-refractivity contribution in [3.05, 3.63) is 58.6 Å². The van der Waals surface area contributed by atoms with Crippen LogP contribution in [0, 0.1) is 0 Å². The molecule has 0 bridgehead atoms. The summed E-state index contributed by atoms with van der Waals surface area (Å²) in [6.45, 7) is 8.52. The number of amides is 1. The van der Waals surface area contributed by atoms with Crippen LogP contribution >= 0.6 is 23.4 Å². The van der Waals surface area contributed by atoms with E-state index < -0.39 is 0 Å². The Morgan fingerprint density at radius 1 is 1.07 bits per heavy atom. The maximum absolute atomic E-state index is 12.7. The summed E-state index contributed by atoms with van der Waals surface area (Å²) < 4.78 is 1.59. The number of halogens is 1. The van der Waals surface area contributed by atoms with Crippen LogP contribution in [0.15, 0.2) is 47.6 Å². The van der Waals surface area contributed by atoms with E-state index in [0.29, 0.717) is 22.0 Å². The average Bonchev–Trinajstić information content (AvgIpc) is 3.15. The van der Waals surface area contributed by atoms with Crippen LogP contribution in [0.1, 0.15) is 50.7 Å². The average molecular weight is 430 g/mol. The van der Waals surface area contributed by atoms with E-state index in [4.69, 9.17) is 11.6 Å². The predicted molar refractivity (Wildman–Crippen MR) is 118 cm³/mol. The highest BCUT2D eigenvalue weighted by atomic mass is 35.5. The van der Waals surface area contributed by atoms with Gasteiger partial charge in [0.15, 0.2) is 0 Å². The second kappa shape index (κ2) is 9.41. The SMILES string of the molecule is CC(C)c1cccc(C(C)C)c1NC(=O)CSc1nnnn1-c1ccc(Cl)cc1. The molecule has 0 atom stereocenters. The Balaban J connectivity index is 1.74. The van der Waals surface area contributed by atoms with Gasteiger partial charge in [0.2, 0.25) is 11.1 Å². The minimum atomic E-state index is -0.0874. The molecule has 8 heteroatoms. The van der Waals surface area contributed by atoms with Crippen molar-refractivity contribution in [3.8, 4) is 5.69 Å². The molecule has 0 aliphatic rings. The van der Waals surface area contributed by atoms with E-state index in [-0.39, 0.29) is 11.7 Å². The summed E-state index contributed by atoms with van der Waals surface area (Å²) in [7, 11) is 0. The van der Waals surface area contributed by atoms with E-state index in [0.717, 1.165) is 22.5 Å². The van der Waals surface area contributed by atoms with Gasteiger partial charge in [-0.2, -0.15) is 4.68 Å². The molecule has 2 aromatic carbocycles. The molecule has 0 radical (unpaired) electrons. The van der Waals surface area contributed by atoms with Crippen LogP contribution < -0.4 is 5.32 Å². The van der Waals surface area contributed by atoms with Crippen LogP contribution in [-0.4, -0.2) is 31.9 Å². The number of thioether (sulfide) groups is 1. The number of tetrazole rings is 1. The van der Waals surface area contributed by atoms with Gasteiger partial charge in [0.25, 0.3) is 0 Å². The molecule has 0 saturated heterocycles. The van der Waals surface area contributed by atoms with Crippen LogP contribution in [-0.2, 0) is 4.79 Å². The van der Waals surface area contributed by atoms with Gasteiger partial charge >= 0.3 is 0 Å². The fourth-order valence-electron chi connectivity index (χ4n) is 3.01. The number of rotatable bonds is 7. The van der Waals surface area contributed by atoms with Crippen molar-refractivity contribution in [2.24, 2.45) is 0 Å². The summed E-state index contributed by atoms with van der Waals surface area (Å²) >= 11 is 7.23. The summed E-state index contributed by atoms with van der Waals surface area (Å²) in [5.74, 6) is 0.746. The third kappa shape index (κ3) is 5.16. The second-order valence-corrected chi connectivity index (χ2v) is 8.69. The van der Waals surface area contributed by atoms with Crippen molar-refractivity contribution in [1.82, 2.24) is 20.2 Å². The largest absolute Gasteiger partial charge is 0.325 e. The smallest absolute Gasteiger partial charge is 0.234 e. The summed E-state index contributed by atoms with van der Waals surface area (Å²) in [4.78, 5) is 12.7. The van der Waals surface area contributed by atoms with Crippen molar-refractivity contribution in [1.29, 1.82) is 0 Å². The third-order valence-corrected chi connectivity index (χ3v) is 5.65. The van der Waals surface area contributed by atoms with Gasteiger partial charge in [0.1, 0.15) is 0 Å². The Labute approximate surface area is 180 Å². The molecule has 1 amide bonds. The van der Waals surface area contributed by atoms with Crippen LogP contribution in [0.5, 0.6) is 0 Å². The molecule has 3 aromatic rings. The Bertz CT molecular complexity index is 959. The van der Waals surface area contributed by atoms with Gasteiger partial charge in [-0.25, -0.2) is 0 Å². The zero-order chi connectivity index (χ0) is 21.0. The van der Waals surface area contributed by atoms with Gasteiger partial charge < -0.3 is 5.32 Å². The highest BCUT2D eigenvalue weighted by Gasteiger charge is 2.17. The molecule has 1 aromatic heterocycles. The molecule has 29 heavy (non-hydrogen) atoms. The summed E-state index contributed by atoms with van der Waals surface area (Å²) in [6.07, 6.45) is 0. The van der Waals surface area contributed by atoms with E-state index in [1.165, 1.54) is 11.8 Å². The van der Waals surface area contributed by atoms with Gasteiger partial charge in [0.05, 0.1) is 11.4 Å². The van der Waals surface area contributed by atoms with Crippen LogP contribution in [0.25, 0.3) is 5.69 Å². The number of anilines is 1. The minimum Gasteiger partial charge on any atom is -0.325 e. The fourth-order valence-corrected chi connectivity index (χ4v) is 3.83. The molecule has 0 fully saturated rings. The normalized spacial score (nSPS) is 11.3. The second-order valence-electron chi connectivity index (χ2n) is 7.31. The van der Waals surface area contributed by atoms with Crippen molar-refractivity contribution >= 4 is 35.0 Å². The minimum absolute atomic E-state index is 0.0874. The lowest BCUT2D eigenvalue weighted by molar-refractivity contribution is -0.113. The number of nitrogens with one attached hydrogen (secondary N) is 1. The summed E-state index contributed by atoms with van der Waals surface area (Å²) in [5.41, 5.74) is 3.98. The molecule has 0 unspecified atom stereocenters. The Morgan fingerprint density at radius 2 is 1.69 bits per heavy atom. The van der Waals surface area contributed by atoms with Crippen LogP contribution in [0.2, 0.25) is 5.02 Å². The lowest BCUT2D eigenvalue weighted by Crippen LogP contribution is -2.18. The van der Waals surface area contributed by atoms with E-state index >= 15 is 0 Å². The standard InChI is InChI=1S/C21H24ClN5OS/c1-13(2)17-6-5-7-18(14(3)4)20(17)23-19(28)12-29-21-24-25-26-27(21)16-10-8-15(22)9-11-16/h5-11,13-14H,12H2,1-4H3,(H,23,28). The number of hydrogen-bond donors (Lipinski definition) is 1. The number of carbonyl (C=O) groups excluding carboxylic acids is 1. The van der Waals surface area contributed by atoms with E-state index in [1.54, 1.807) is 16.8 Å². The van der Waals surface area contributed by atoms with Crippen molar-refractivity contribution in [3.63, 3.8) is 0 Å². The van der Waals surface area contributed by atoms with E-state index in [9.17, 15) is 4.79 Å². The van der Waals surface area contributed by atoms with Gasteiger partial charge in [-0.1, -0.05) is 69.3 Å². The highest BCUT2D eigenvalue weighted by molar-refractivity contribution is 7.99. The van der Waals surface area contributed by atoms with Crippen molar-refractivity contribution < 1.29 is 4.79 Å². The summed E-state index contributed by atoms with van der Waals surface area (Å²) in [5, 5.41) is 16.1. The first-order valence-corrected chi connectivity index (χ1v) is 10.8. The number of hydrogen-bond acceptors (Lipinski definition) is 5. The number of carbonyl (C=O) groups is 1. The van der Waals surface area contributed by atoms with E-state index in [1.807, 2.05) is 12.1 Å². The highest BCUT2D eigenvalue weighted by Crippen LogP contribution is 2.32. The quantitative estimate of drug-likeness (QED) is 0.516. The molecule has 0 spiro atoms. The molecule has 0 aliphatic carbocycles. The van der Waals surface area contributed by atoms with Crippen LogP contribution in [0.4, 0.5) is 5.69 Å².